The Kier molecular flexibility index (Phi) is 4.01. The number of benzene rings is 1. The van der Waals surface area contributed by atoms with Gasteiger partial charge in [-0.3, -0.25) is 9.59 Å². The molecule has 1 heterocycles. The normalized spacial score (nSPS) is 17.8. The molecule has 1 unspecified atom stereocenters. The topological polar surface area (TPSA) is 76.1 Å². The molecule has 1 aromatic rings. The molecule has 1 N–H and O–H groups in total. The minimum atomic E-state index is -1.07. The Bertz CT molecular complexity index is 488. The van der Waals surface area contributed by atoms with Crippen LogP contribution in [-0.4, -0.2) is 43.3 Å². The molecule has 1 atom stereocenters. The van der Waals surface area contributed by atoms with Crippen LogP contribution in [-0.2, 0) is 14.3 Å². The summed E-state index contributed by atoms with van der Waals surface area (Å²) in [6.45, 7) is 0.742. The summed E-state index contributed by atoms with van der Waals surface area (Å²) in [6, 6.07) is 7.06. The number of carbonyl (C=O) groups is 2. The number of aliphatic carboxylic acids is 1. The first-order chi connectivity index (χ1) is 9.13. The first kappa shape index (κ1) is 13.4. The standard InChI is InChI=1S/C13H15NO5/c1-18-7-6-14-9-4-2-3-5-10(9)19-11(13(14)17)8-12(15)16/h2-5,11H,6-8H2,1H3,(H,15,16). The zero-order valence-electron chi connectivity index (χ0n) is 10.5. The third kappa shape index (κ3) is 2.85. The van der Waals surface area contributed by atoms with E-state index in [1.54, 1.807) is 31.4 Å². The van der Waals surface area contributed by atoms with Crippen molar-refractivity contribution < 1.29 is 24.2 Å². The van der Waals surface area contributed by atoms with Crippen molar-refractivity contribution in [3.05, 3.63) is 24.3 Å². The molecule has 0 fully saturated rings. The van der Waals surface area contributed by atoms with E-state index in [0.29, 0.717) is 24.6 Å². The number of methoxy groups -OCH3 is 1. The molecule has 6 nitrogen and oxygen atoms in total. The summed E-state index contributed by atoms with van der Waals surface area (Å²) in [5.74, 6) is -0.896. The van der Waals surface area contributed by atoms with Gasteiger partial charge in [0, 0.05) is 13.7 Å². The van der Waals surface area contributed by atoms with Crippen LogP contribution in [0.15, 0.2) is 24.3 Å². The molecule has 0 spiro atoms. The number of carbonyl (C=O) groups excluding carboxylic acids is 1. The zero-order chi connectivity index (χ0) is 13.8. The number of hydrogen-bond acceptors (Lipinski definition) is 4. The van der Waals surface area contributed by atoms with Gasteiger partial charge in [-0.05, 0) is 12.1 Å². The largest absolute Gasteiger partial charge is 0.481 e. The van der Waals surface area contributed by atoms with Crippen molar-refractivity contribution in [3.8, 4) is 5.75 Å². The fourth-order valence-corrected chi connectivity index (χ4v) is 1.98. The van der Waals surface area contributed by atoms with Crippen LogP contribution in [0.3, 0.4) is 0 Å². The molecular weight excluding hydrogens is 250 g/mol. The van der Waals surface area contributed by atoms with E-state index >= 15 is 0 Å². The molecule has 1 aromatic carbocycles. The zero-order valence-corrected chi connectivity index (χ0v) is 10.5. The molecule has 0 saturated carbocycles. The highest BCUT2D eigenvalue weighted by Gasteiger charge is 2.35. The average molecular weight is 265 g/mol. The predicted octanol–water partition coefficient (Wildman–Crippen LogP) is 0.902. The summed E-state index contributed by atoms with van der Waals surface area (Å²) in [7, 11) is 1.55. The van der Waals surface area contributed by atoms with Crippen molar-refractivity contribution in [1.29, 1.82) is 0 Å². The predicted molar refractivity (Wildman–Crippen MR) is 67.3 cm³/mol. The number of carboxylic acids is 1. The lowest BCUT2D eigenvalue weighted by atomic mass is 10.1. The van der Waals surface area contributed by atoms with Crippen molar-refractivity contribution in [3.63, 3.8) is 0 Å². The van der Waals surface area contributed by atoms with E-state index < -0.39 is 12.1 Å². The van der Waals surface area contributed by atoms with E-state index in [9.17, 15) is 9.59 Å². The van der Waals surface area contributed by atoms with Crippen LogP contribution in [0.4, 0.5) is 5.69 Å². The Labute approximate surface area is 110 Å². The number of rotatable bonds is 5. The summed E-state index contributed by atoms with van der Waals surface area (Å²) in [5, 5.41) is 8.82. The van der Waals surface area contributed by atoms with Gasteiger partial charge in [0.15, 0.2) is 6.10 Å². The molecule has 2 rings (SSSR count). The van der Waals surface area contributed by atoms with Gasteiger partial charge in [0.05, 0.1) is 18.7 Å². The van der Waals surface area contributed by atoms with Crippen molar-refractivity contribution in [1.82, 2.24) is 0 Å². The van der Waals surface area contributed by atoms with Crippen LogP contribution in [0.1, 0.15) is 6.42 Å². The van der Waals surface area contributed by atoms with Crippen LogP contribution in [0.25, 0.3) is 0 Å². The molecule has 1 amide bonds. The fourth-order valence-electron chi connectivity index (χ4n) is 1.98. The lowest BCUT2D eigenvalue weighted by Crippen LogP contribution is -2.48. The van der Waals surface area contributed by atoms with E-state index in [0.717, 1.165) is 0 Å². The number of carboxylic acid groups (broad SMARTS) is 1. The first-order valence-corrected chi connectivity index (χ1v) is 5.91. The van der Waals surface area contributed by atoms with Crippen molar-refractivity contribution in [2.24, 2.45) is 0 Å². The molecule has 0 aromatic heterocycles. The second-order valence-electron chi connectivity index (χ2n) is 4.15. The molecule has 0 bridgehead atoms. The van der Waals surface area contributed by atoms with E-state index in [2.05, 4.69) is 0 Å². The summed E-state index contributed by atoms with van der Waals surface area (Å²) in [4.78, 5) is 24.5. The minimum Gasteiger partial charge on any atom is -0.481 e. The lowest BCUT2D eigenvalue weighted by Gasteiger charge is -2.33. The Hall–Kier alpha value is -2.08. The third-order valence-electron chi connectivity index (χ3n) is 2.85. The van der Waals surface area contributed by atoms with Gasteiger partial charge in [0.1, 0.15) is 5.75 Å². The molecule has 0 saturated heterocycles. The van der Waals surface area contributed by atoms with Crippen molar-refractivity contribution in [2.75, 3.05) is 25.2 Å². The number of hydrogen-bond donors (Lipinski definition) is 1. The number of nitrogens with zero attached hydrogens (tertiary/aromatic N) is 1. The van der Waals surface area contributed by atoms with Gasteiger partial charge in [-0.15, -0.1) is 0 Å². The third-order valence-corrected chi connectivity index (χ3v) is 2.85. The Balaban J connectivity index is 2.28. The number of fused-ring (bicyclic) bond motifs is 1. The fraction of sp³-hybridized carbons (Fsp3) is 0.385. The van der Waals surface area contributed by atoms with E-state index in [-0.39, 0.29) is 12.3 Å². The van der Waals surface area contributed by atoms with Crippen LogP contribution >= 0.6 is 0 Å². The highest BCUT2D eigenvalue weighted by atomic mass is 16.5. The number of para-hydroxylation sites is 2. The van der Waals surface area contributed by atoms with Crippen LogP contribution in [0, 0.1) is 0 Å². The van der Waals surface area contributed by atoms with Crippen molar-refractivity contribution in [2.45, 2.75) is 12.5 Å². The smallest absolute Gasteiger partial charge is 0.307 e. The van der Waals surface area contributed by atoms with Gasteiger partial charge >= 0.3 is 5.97 Å². The van der Waals surface area contributed by atoms with E-state index in [1.807, 2.05) is 0 Å². The van der Waals surface area contributed by atoms with Gasteiger partial charge < -0.3 is 19.5 Å². The molecule has 1 aliphatic heterocycles. The van der Waals surface area contributed by atoms with Crippen LogP contribution < -0.4 is 9.64 Å². The number of anilines is 1. The maximum Gasteiger partial charge on any atom is 0.307 e. The summed E-state index contributed by atoms with van der Waals surface area (Å²) < 4.78 is 10.4. The van der Waals surface area contributed by atoms with Gasteiger partial charge in [0.25, 0.3) is 5.91 Å². The quantitative estimate of drug-likeness (QED) is 0.856. The van der Waals surface area contributed by atoms with Gasteiger partial charge in [0.2, 0.25) is 0 Å². The van der Waals surface area contributed by atoms with E-state index in [1.165, 1.54) is 4.90 Å². The maximum absolute atomic E-state index is 12.2. The Morgan fingerprint density at radius 2 is 2.21 bits per heavy atom. The second kappa shape index (κ2) is 5.71. The molecule has 6 heteroatoms. The second-order valence-corrected chi connectivity index (χ2v) is 4.15. The summed E-state index contributed by atoms with van der Waals surface area (Å²) in [5.41, 5.74) is 0.645. The van der Waals surface area contributed by atoms with Crippen LogP contribution in [0.5, 0.6) is 5.75 Å². The summed E-state index contributed by atoms with van der Waals surface area (Å²) in [6.07, 6.45) is -1.33. The monoisotopic (exact) mass is 265 g/mol. The van der Waals surface area contributed by atoms with Gasteiger partial charge in [-0.1, -0.05) is 12.1 Å². The molecular formula is C13H15NO5. The molecule has 0 radical (unpaired) electrons. The van der Waals surface area contributed by atoms with Crippen LogP contribution in [0.2, 0.25) is 0 Å². The Morgan fingerprint density at radius 3 is 2.89 bits per heavy atom. The highest BCUT2D eigenvalue weighted by molar-refractivity contribution is 6.01. The maximum atomic E-state index is 12.2. The molecule has 0 aliphatic carbocycles. The average Bonchev–Trinajstić information content (AvgIpc) is 2.38. The number of ether oxygens (including phenoxy) is 2. The first-order valence-electron chi connectivity index (χ1n) is 5.91. The lowest BCUT2D eigenvalue weighted by molar-refractivity contribution is -0.142. The molecule has 102 valence electrons. The van der Waals surface area contributed by atoms with E-state index in [4.69, 9.17) is 14.6 Å². The van der Waals surface area contributed by atoms with Crippen molar-refractivity contribution >= 4 is 17.6 Å². The SMILES string of the molecule is COCCN1C(=O)C(CC(=O)O)Oc2ccccc21. The Morgan fingerprint density at radius 1 is 1.47 bits per heavy atom. The number of amides is 1. The highest BCUT2D eigenvalue weighted by Crippen LogP contribution is 2.34. The summed E-state index contributed by atoms with van der Waals surface area (Å²) >= 11 is 0. The van der Waals surface area contributed by atoms with Gasteiger partial charge in [-0.2, -0.15) is 0 Å². The molecule has 19 heavy (non-hydrogen) atoms. The van der Waals surface area contributed by atoms with Gasteiger partial charge in [-0.25, -0.2) is 0 Å². The minimum absolute atomic E-state index is 0.349. The molecule has 1 aliphatic rings.